The van der Waals surface area contributed by atoms with Crippen LogP contribution in [0.25, 0.3) is 0 Å². The van der Waals surface area contributed by atoms with Gasteiger partial charge in [-0.3, -0.25) is 9.59 Å². The SMILES string of the molecule is CC(C)NC(=O)CN(C)C(=O)C1(N)CCOCC1. The quantitative estimate of drug-likeness (QED) is 0.709. The molecule has 0 aromatic heterocycles. The first-order valence-corrected chi connectivity index (χ1v) is 6.27. The normalized spacial score (nSPS) is 18.5. The summed E-state index contributed by atoms with van der Waals surface area (Å²) in [5, 5.41) is 2.75. The number of ether oxygens (including phenoxy) is 1. The van der Waals surface area contributed by atoms with Crippen LogP contribution in [0.3, 0.4) is 0 Å². The molecule has 104 valence electrons. The number of rotatable bonds is 4. The molecule has 0 saturated carbocycles. The van der Waals surface area contributed by atoms with Gasteiger partial charge in [-0.15, -0.1) is 0 Å². The molecule has 1 aliphatic rings. The minimum absolute atomic E-state index is 0.0385. The van der Waals surface area contributed by atoms with Crippen LogP contribution in [0.1, 0.15) is 26.7 Å². The van der Waals surface area contributed by atoms with Crippen molar-refractivity contribution < 1.29 is 14.3 Å². The number of hydrogen-bond acceptors (Lipinski definition) is 4. The Hall–Kier alpha value is -1.14. The van der Waals surface area contributed by atoms with Gasteiger partial charge in [0.2, 0.25) is 11.8 Å². The number of carbonyl (C=O) groups is 2. The standard InChI is InChI=1S/C12H23N3O3/c1-9(2)14-10(16)8-15(3)11(17)12(13)4-6-18-7-5-12/h9H,4-8,13H2,1-3H3,(H,14,16). The molecule has 18 heavy (non-hydrogen) atoms. The molecule has 1 heterocycles. The number of likely N-dealkylation sites (N-methyl/N-ethyl adjacent to an activating group) is 1. The number of hydrogen-bond donors (Lipinski definition) is 2. The zero-order valence-corrected chi connectivity index (χ0v) is 11.4. The fourth-order valence-corrected chi connectivity index (χ4v) is 1.98. The molecule has 0 aliphatic carbocycles. The number of nitrogens with one attached hydrogen (secondary N) is 1. The summed E-state index contributed by atoms with van der Waals surface area (Å²) < 4.78 is 5.20. The van der Waals surface area contributed by atoms with Gasteiger partial charge in [-0.2, -0.15) is 0 Å². The van der Waals surface area contributed by atoms with Crippen molar-refractivity contribution in [1.29, 1.82) is 0 Å². The van der Waals surface area contributed by atoms with Crippen molar-refractivity contribution in [1.82, 2.24) is 10.2 Å². The van der Waals surface area contributed by atoms with E-state index in [4.69, 9.17) is 10.5 Å². The molecule has 1 fully saturated rings. The molecule has 3 N–H and O–H groups in total. The van der Waals surface area contributed by atoms with Crippen LogP contribution in [-0.4, -0.2) is 55.1 Å². The van der Waals surface area contributed by atoms with Crippen molar-refractivity contribution in [3.63, 3.8) is 0 Å². The Morgan fingerprint density at radius 2 is 1.94 bits per heavy atom. The van der Waals surface area contributed by atoms with E-state index >= 15 is 0 Å². The van der Waals surface area contributed by atoms with Crippen molar-refractivity contribution in [2.75, 3.05) is 26.8 Å². The van der Waals surface area contributed by atoms with E-state index in [1.807, 2.05) is 13.8 Å². The fourth-order valence-electron chi connectivity index (χ4n) is 1.98. The average Bonchev–Trinajstić information content (AvgIpc) is 2.27. The van der Waals surface area contributed by atoms with Gasteiger partial charge in [0.25, 0.3) is 0 Å². The first-order chi connectivity index (χ1) is 8.35. The highest BCUT2D eigenvalue weighted by Crippen LogP contribution is 2.19. The molecular formula is C12H23N3O3. The second kappa shape index (κ2) is 6.15. The van der Waals surface area contributed by atoms with E-state index in [1.165, 1.54) is 4.90 Å². The van der Waals surface area contributed by atoms with Gasteiger partial charge in [0, 0.05) is 26.3 Å². The van der Waals surface area contributed by atoms with E-state index in [1.54, 1.807) is 7.05 Å². The molecule has 2 amide bonds. The third-order valence-electron chi connectivity index (χ3n) is 2.99. The topological polar surface area (TPSA) is 84.7 Å². The summed E-state index contributed by atoms with van der Waals surface area (Å²) in [6.45, 7) is 4.78. The molecule has 0 aromatic rings. The lowest BCUT2D eigenvalue weighted by atomic mass is 9.90. The van der Waals surface area contributed by atoms with E-state index in [9.17, 15) is 9.59 Å². The van der Waals surface area contributed by atoms with Crippen molar-refractivity contribution >= 4 is 11.8 Å². The van der Waals surface area contributed by atoms with Crippen LogP contribution in [0.5, 0.6) is 0 Å². The van der Waals surface area contributed by atoms with Crippen LogP contribution in [-0.2, 0) is 14.3 Å². The minimum atomic E-state index is -0.884. The third kappa shape index (κ3) is 3.96. The summed E-state index contributed by atoms with van der Waals surface area (Å²) in [4.78, 5) is 25.2. The summed E-state index contributed by atoms with van der Waals surface area (Å²) >= 11 is 0. The van der Waals surface area contributed by atoms with Gasteiger partial charge in [-0.05, 0) is 26.7 Å². The molecule has 0 bridgehead atoms. The molecular weight excluding hydrogens is 234 g/mol. The molecule has 6 nitrogen and oxygen atoms in total. The van der Waals surface area contributed by atoms with Crippen LogP contribution >= 0.6 is 0 Å². The van der Waals surface area contributed by atoms with E-state index in [0.717, 1.165) is 0 Å². The molecule has 6 heteroatoms. The largest absolute Gasteiger partial charge is 0.381 e. The predicted octanol–water partition coefficient (Wildman–Crippen LogP) is -0.523. The Balaban J connectivity index is 2.52. The maximum absolute atomic E-state index is 12.2. The summed E-state index contributed by atoms with van der Waals surface area (Å²) in [6, 6.07) is 0.0657. The van der Waals surface area contributed by atoms with Crippen LogP contribution in [0, 0.1) is 0 Å². The molecule has 0 unspecified atom stereocenters. The van der Waals surface area contributed by atoms with Crippen molar-refractivity contribution in [3.8, 4) is 0 Å². The summed E-state index contributed by atoms with van der Waals surface area (Å²) in [7, 11) is 1.60. The third-order valence-corrected chi connectivity index (χ3v) is 2.99. The number of amides is 2. The number of nitrogens with zero attached hydrogens (tertiary/aromatic N) is 1. The summed E-state index contributed by atoms with van der Waals surface area (Å²) in [5.74, 6) is -0.360. The smallest absolute Gasteiger partial charge is 0.243 e. The van der Waals surface area contributed by atoms with Crippen LogP contribution in [0.4, 0.5) is 0 Å². The van der Waals surface area contributed by atoms with E-state index in [2.05, 4.69) is 5.32 Å². The average molecular weight is 257 g/mol. The van der Waals surface area contributed by atoms with Crippen molar-refractivity contribution in [3.05, 3.63) is 0 Å². The van der Waals surface area contributed by atoms with Crippen molar-refractivity contribution in [2.45, 2.75) is 38.3 Å². The summed E-state index contributed by atoms with van der Waals surface area (Å²) in [6.07, 6.45) is 1.00. The fraction of sp³-hybridized carbons (Fsp3) is 0.833. The zero-order valence-electron chi connectivity index (χ0n) is 11.4. The van der Waals surface area contributed by atoms with Gasteiger partial charge in [-0.25, -0.2) is 0 Å². The number of carbonyl (C=O) groups excluding carboxylic acids is 2. The highest BCUT2D eigenvalue weighted by atomic mass is 16.5. The second-order valence-corrected chi connectivity index (χ2v) is 5.15. The Labute approximate surface area is 108 Å². The maximum atomic E-state index is 12.2. The van der Waals surface area contributed by atoms with Crippen LogP contribution in [0.15, 0.2) is 0 Å². The molecule has 0 spiro atoms. The number of nitrogens with two attached hydrogens (primary N) is 1. The molecule has 0 aromatic carbocycles. The van der Waals surface area contributed by atoms with Gasteiger partial charge >= 0.3 is 0 Å². The summed E-state index contributed by atoms with van der Waals surface area (Å²) in [5.41, 5.74) is 5.19. The zero-order chi connectivity index (χ0) is 13.8. The first-order valence-electron chi connectivity index (χ1n) is 6.27. The van der Waals surface area contributed by atoms with E-state index in [0.29, 0.717) is 26.1 Å². The van der Waals surface area contributed by atoms with Gasteiger partial charge in [0.15, 0.2) is 0 Å². The molecule has 1 rings (SSSR count). The van der Waals surface area contributed by atoms with E-state index < -0.39 is 5.54 Å². The van der Waals surface area contributed by atoms with Crippen LogP contribution in [0.2, 0.25) is 0 Å². The van der Waals surface area contributed by atoms with Gasteiger partial charge in [0.05, 0.1) is 12.1 Å². The Kier molecular flexibility index (Phi) is 5.10. The predicted molar refractivity (Wildman–Crippen MR) is 67.9 cm³/mol. The minimum Gasteiger partial charge on any atom is -0.381 e. The lowest BCUT2D eigenvalue weighted by molar-refractivity contribution is -0.142. The molecule has 0 atom stereocenters. The Bertz CT molecular complexity index is 312. The lowest BCUT2D eigenvalue weighted by Gasteiger charge is -2.35. The van der Waals surface area contributed by atoms with Crippen LogP contribution < -0.4 is 11.1 Å². The monoisotopic (exact) mass is 257 g/mol. The van der Waals surface area contributed by atoms with Gasteiger partial charge in [0.1, 0.15) is 0 Å². The van der Waals surface area contributed by atoms with Crippen molar-refractivity contribution in [2.24, 2.45) is 5.73 Å². The highest BCUT2D eigenvalue weighted by molar-refractivity contribution is 5.90. The van der Waals surface area contributed by atoms with E-state index in [-0.39, 0.29) is 24.4 Å². The molecule has 0 radical (unpaired) electrons. The lowest BCUT2D eigenvalue weighted by Crippen LogP contribution is -2.58. The second-order valence-electron chi connectivity index (χ2n) is 5.15. The Morgan fingerprint density at radius 1 is 1.39 bits per heavy atom. The molecule has 1 saturated heterocycles. The van der Waals surface area contributed by atoms with Gasteiger partial charge < -0.3 is 20.7 Å². The Morgan fingerprint density at radius 3 is 2.44 bits per heavy atom. The van der Waals surface area contributed by atoms with Gasteiger partial charge in [-0.1, -0.05) is 0 Å². The maximum Gasteiger partial charge on any atom is 0.243 e. The first kappa shape index (κ1) is 14.9. The molecule has 1 aliphatic heterocycles. The highest BCUT2D eigenvalue weighted by Gasteiger charge is 2.38.